The van der Waals surface area contributed by atoms with Gasteiger partial charge in [-0.1, -0.05) is 103 Å². The molecule has 0 spiro atoms. The molecule has 0 bridgehead atoms. The van der Waals surface area contributed by atoms with Crippen LogP contribution in [0.3, 0.4) is 0 Å². The summed E-state index contributed by atoms with van der Waals surface area (Å²) < 4.78 is 0. The van der Waals surface area contributed by atoms with Crippen LogP contribution >= 0.6 is 0 Å². The summed E-state index contributed by atoms with van der Waals surface area (Å²) in [6, 6.07) is 44.3. The van der Waals surface area contributed by atoms with Crippen LogP contribution in [0, 0.1) is 12.1 Å². The molecule has 42 heavy (non-hydrogen) atoms. The van der Waals surface area contributed by atoms with E-state index in [2.05, 4.69) is 138 Å². The largest absolute Gasteiger partial charge is 0.294 e. The van der Waals surface area contributed by atoms with Crippen molar-refractivity contribution in [3.63, 3.8) is 0 Å². The second kappa shape index (κ2) is 10.0. The lowest BCUT2D eigenvalue weighted by Gasteiger charge is -2.33. The summed E-state index contributed by atoms with van der Waals surface area (Å²) in [7, 11) is 0. The lowest BCUT2D eigenvalue weighted by Crippen LogP contribution is -2.17. The topological polar surface area (TPSA) is 29.0 Å². The average molecular weight is 536 g/mol. The molecule has 2 aromatic heterocycles. The van der Waals surface area contributed by atoms with Gasteiger partial charge in [-0.25, -0.2) is 9.97 Å². The summed E-state index contributed by atoms with van der Waals surface area (Å²) in [5.41, 5.74) is 11.5. The maximum atomic E-state index is 5.30. The number of para-hydroxylation sites is 1. The third kappa shape index (κ3) is 4.10. The first kappa shape index (κ1) is 24.1. The van der Waals surface area contributed by atoms with Gasteiger partial charge in [0.2, 0.25) is 0 Å². The van der Waals surface area contributed by atoms with Gasteiger partial charge in [-0.05, 0) is 71.7 Å². The van der Waals surface area contributed by atoms with Crippen LogP contribution in [-0.2, 0) is 0 Å². The van der Waals surface area contributed by atoms with Crippen LogP contribution < -0.4 is 4.90 Å². The molecule has 3 nitrogen and oxygen atoms in total. The highest BCUT2D eigenvalue weighted by Crippen LogP contribution is 2.51. The molecule has 0 radical (unpaired) electrons. The van der Waals surface area contributed by atoms with Crippen molar-refractivity contribution in [2.75, 3.05) is 4.90 Å². The molecule has 0 fully saturated rings. The number of nitrogens with zero attached hydrogens (tertiary/aromatic N) is 3. The van der Waals surface area contributed by atoms with Gasteiger partial charge >= 0.3 is 0 Å². The first-order valence-corrected chi connectivity index (χ1v) is 14.2. The van der Waals surface area contributed by atoms with Gasteiger partial charge in [0, 0.05) is 22.1 Å². The third-order valence-corrected chi connectivity index (χ3v) is 7.84. The van der Waals surface area contributed by atoms with Crippen molar-refractivity contribution in [1.29, 1.82) is 0 Å². The quantitative estimate of drug-likeness (QED) is 0.225. The summed E-state index contributed by atoms with van der Waals surface area (Å²) >= 11 is 0. The molecule has 196 valence electrons. The molecule has 8 rings (SSSR count). The van der Waals surface area contributed by atoms with Crippen molar-refractivity contribution in [3.05, 3.63) is 157 Å². The van der Waals surface area contributed by atoms with Crippen LogP contribution in [0.25, 0.3) is 50.0 Å². The van der Waals surface area contributed by atoms with E-state index in [4.69, 9.17) is 9.97 Å². The number of aromatic nitrogens is 2. The number of hydrogen-bond donors (Lipinski definition) is 0. The zero-order chi connectivity index (χ0) is 27.9. The molecule has 0 saturated carbocycles. The molecule has 1 aliphatic heterocycles. The predicted molar refractivity (Wildman–Crippen MR) is 173 cm³/mol. The maximum Gasteiger partial charge on any atom is 0.138 e. The molecule has 0 saturated heterocycles. The lowest BCUT2D eigenvalue weighted by molar-refractivity contribution is 1.16. The molecule has 4 aromatic carbocycles. The minimum Gasteiger partial charge on any atom is -0.294 e. The van der Waals surface area contributed by atoms with E-state index < -0.39 is 0 Å². The zero-order valence-electron chi connectivity index (χ0n) is 22.8. The summed E-state index contributed by atoms with van der Waals surface area (Å²) in [4.78, 5) is 12.7. The van der Waals surface area contributed by atoms with E-state index >= 15 is 0 Å². The van der Waals surface area contributed by atoms with Gasteiger partial charge in [-0.2, -0.15) is 0 Å². The van der Waals surface area contributed by atoms with E-state index in [-0.39, 0.29) is 0 Å². The Morgan fingerprint density at radius 1 is 0.667 bits per heavy atom. The first-order chi connectivity index (χ1) is 20.8. The van der Waals surface area contributed by atoms with Crippen molar-refractivity contribution >= 4 is 33.7 Å². The number of benzene rings is 3. The number of fused-ring (bicyclic) bond motifs is 2. The van der Waals surface area contributed by atoms with Crippen LogP contribution in [-0.4, -0.2) is 9.97 Å². The number of pyridine rings is 2. The van der Waals surface area contributed by atoms with Gasteiger partial charge in [-0.15, -0.1) is 0 Å². The predicted octanol–water partition coefficient (Wildman–Crippen LogP) is 9.91. The Morgan fingerprint density at radius 3 is 2.45 bits per heavy atom. The second-order valence-electron chi connectivity index (χ2n) is 10.4. The second-order valence-corrected chi connectivity index (χ2v) is 10.4. The highest BCUT2D eigenvalue weighted by Gasteiger charge is 2.28. The van der Waals surface area contributed by atoms with Gasteiger partial charge in [0.15, 0.2) is 0 Å². The highest BCUT2D eigenvalue weighted by atomic mass is 15.2. The fraction of sp³-hybridized carbons (Fsp3) is 0.0256. The standard InChI is InChI=1S/C39H25N3/c1-2-6-17-28(16-5-1)34-24-30(27-14-7-3-8-15-27)25-38(41-34)42-36-22-12-11-20-31(36)32-26-35(29-18-9-4-10-19-29)40-33-21-13-23-37(42)39(32)33/h1,3-7,9-14,16-26H,2H2. The molecule has 0 amide bonds. The minimum absolute atomic E-state index is 0.847. The fourth-order valence-corrected chi connectivity index (χ4v) is 5.90. The smallest absolute Gasteiger partial charge is 0.138 e. The molecule has 0 atom stereocenters. The number of rotatable bonds is 4. The van der Waals surface area contributed by atoms with Gasteiger partial charge in [0.05, 0.1) is 28.3 Å². The Balaban J connectivity index is 1.40. The van der Waals surface area contributed by atoms with E-state index in [0.29, 0.717) is 0 Å². The monoisotopic (exact) mass is 535 g/mol. The summed E-state index contributed by atoms with van der Waals surface area (Å²) in [6.45, 7) is 0. The maximum absolute atomic E-state index is 5.30. The highest BCUT2D eigenvalue weighted by molar-refractivity contribution is 6.13. The van der Waals surface area contributed by atoms with Crippen molar-refractivity contribution in [3.8, 4) is 33.5 Å². The minimum atomic E-state index is 0.847. The molecule has 3 heterocycles. The van der Waals surface area contributed by atoms with Gasteiger partial charge < -0.3 is 0 Å². The van der Waals surface area contributed by atoms with Crippen LogP contribution in [0.5, 0.6) is 0 Å². The summed E-state index contributed by atoms with van der Waals surface area (Å²) in [5.74, 6) is 0.847. The van der Waals surface area contributed by atoms with Gasteiger partial charge in [-0.3, -0.25) is 4.90 Å². The zero-order valence-corrected chi connectivity index (χ0v) is 22.8. The van der Waals surface area contributed by atoms with Crippen LogP contribution in [0.2, 0.25) is 0 Å². The van der Waals surface area contributed by atoms with Crippen molar-refractivity contribution in [2.24, 2.45) is 0 Å². The SMILES string of the molecule is c1cccc(-c2cc(C3=CC=CCC=C3)nc(N3c4ccccc4-c4cc(-c5ccccc5)nc5cccc3c45)c2)c#1. The molecular formula is C39H25N3. The molecule has 0 N–H and O–H groups in total. The Bertz CT molecular complexity index is 2050. The van der Waals surface area contributed by atoms with E-state index in [1.54, 1.807) is 0 Å². The summed E-state index contributed by atoms with van der Waals surface area (Å²) in [5, 5.41) is 1.13. The number of hydrogen-bond acceptors (Lipinski definition) is 3. The number of allylic oxidation sites excluding steroid dienone is 6. The molecule has 2 aliphatic rings. The van der Waals surface area contributed by atoms with Gasteiger partial charge in [0.25, 0.3) is 0 Å². The summed E-state index contributed by atoms with van der Waals surface area (Å²) in [6.07, 6.45) is 11.6. The Kier molecular flexibility index (Phi) is 5.76. The van der Waals surface area contributed by atoms with Crippen LogP contribution in [0.4, 0.5) is 17.2 Å². The van der Waals surface area contributed by atoms with Crippen molar-refractivity contribution in [2.45, 2.75) is 6.42 Å². The van der Waals surface area contributed by atoms with Crippen molar-refractivity contribution in [1.82, 2.24) is 9.97 Å². The number of anilines is 3. The fourth-order valence-electron chi connectivity index (χ4n) is 5.90. The molecular weight excluding hydrogens is 510 g/mol. The first-order valence-electron chi connectivity index (χ1n) is 14.2. The van der Waals surface area contributed by atoms with E-state index in [0.717, 1.165) is 73.7 Å². The molecule has 1 aliphatic carbocycles. The average Bonchev–Trinajstić information content (AvgIpc) is 3.35. The molecule has 6 aromatic rings. The van der Waals surface area contributed by atoms with E-state index in [1.165, 1.54) is 5.56 Å². The molecule has 3 heteroatoms. The Hall–Kier alpha value is -5.72. The Labute approximate surface area is 245 Å². The third-order valence-electron chi connectivity index (χ3n) is 7.84. The van der Waals surface area contributed by atoms with Gasteiger partial charge in [0.1, 0.15) is 5.82 Å². The van der Waals surface area contributed by atoms with E-state index in [9.17, 15) is 0 Å². The van der Waals surface area contributed by atoms with Crippen LogP contribution in [0.1, 0.15) is 12.1 Å². The lowest BCUT2D eigenvalue weighted by atomic mass is 9.91. The Morgan fingerprint density at radius 2 is 1.55 bits per heavy atom. The normalized spacial score (nSPS) is 13.3. The van der Waals surface area contributed by atoms with E-state index in [1.807, 2.05) is 18.2 Å². The van der Waals surface area contributed by atoms with Crippen molar-refractivity contribution < 1.29 is 0 Å². The molecule has 0 unspecified atom stereocenters. The van der Waals surface area contributed by atoms with Crippen LogP contribution in [0.15, 0.2) is 140 Å².